The van der Waals surface area contributed by atoms with Gasteiger partial charge >= 0.3 is 0 Å². The number of hydrogen-bond acceptors (Lipinski definition) is 5. The molecule has 4 aromatic rings. The van der Waals surface area contributed by atoms with Gasteiger partial charge in [0.05, 0.1) is 24.1 Å². The van der Waals surface area contributed by atoms with E-state index in [4.69, 9.17) is 9.47 Å². The summed E-state index contributed by atoms with van der Waals surface area (Å²) in [6, 6.07) is 34.8. The zero-order valence-electron chi connectivity index (χ0n) is 24.5. The minimum atomic E-state index is -1.15. The van der Waals surface area contributed by atoms with E-state index in [0.29, 0.717) is 16.9 Å². The second-order valence-electron chi connectivity index (χ2n) is 12.1. The Morgan fingerprint density at radius 1 is 0.791 bits per heavy atom. The maximum absolute atomic E-state index is 15.2. The number of hydrogen-bond donors (Lipinski definition) is 0. The summed E-state index contributed by atoms with van der Waals surface area (Å²) in [5.74, 6) is 0.985. The van der Waals surface area contributed by atoms with E-state index in [0.717, 1.165) is 42.6 Å². The number of carbonyl (C=O) groups is 2. The number of carbonyl (C=O) groups excluding carboxylic acids is 2. The van der Waals surface area contributed by atoms with Crippen LogP contribution in [0.4, 0.5) is 0 Å². The molecule has 218 valence electrons. The van der Waals surface area contributed by atoms with E-state index in [1.54, 1.807) is 7.11 Å². The van der Waals surface area contributed by atoms with Crippen LogP contribution in [-0.4, -0.2) is 42.3 Å². The van der Waals surface area contributed by atoms with Crippen molar-refractivity contribution in [2.75, 3.05) is 13.7 Å². The first-order valence-electron chi connectivity index (χ1n) is 15.5. The molecule has 0 N–H and O–H groups in total. The Balaban J connectivity index is 1.53. The van der Waals surface area contributed by atoms with Crippen molar-refractivity contribution >= 4 is 11.6 Å². The molecular weight excluding hydrogens is 534 g/mol. The van der Waals surface area contributed by atoms with Crippen molar-refractivity contribution in [1.82, 2.24) is 4.90 Å². The minimum absolute atomic E-state index is 0.0105. The molecule has 0 amide bonds. The molecule has 0 radical (unpaired) electrons. The number of fused-ring (bicyclic) bond motifs is 1. The highest BCUT2D eigenvalue weighted by atomic mass is 16.5. The first kappa shape index (κ1) is 27.6. The van der Waals surface area contributed by atoms with Crippen molar-refractivity contribution in [2.24, 2.45) is 5.41 Å². The molecule has 0 bridgehead atoms. The van der Waals surface area contributed by atoms with Crippen molar-refractivity contribution in [1.29, 1.82) is 0 Å². The fourth-order valence-electron chi connectivity index (χ4n) is 8.03. The standard InChI is InChI=1S/C38H37NO4/c1-42-30-23-21-26(22-24-30)33-34(27-13-5-2-6-14-27)39(29-17-9-4-10-18-29)36(35(40)28-15-7-3-8-16-28)38(33)25-43-32-20-12-11-19-31(32)37(38)41/h2-3,5-8,11-16,19-24,29,33-34,36H,4,9-10,17-18,25H2,1H3/t33-,34-,36-,38+/m0/s1. The van der Waals surface area contributed by atoms with Crippen LogP contribution in [0.1, 0.15) is 75.9 Å². The third-order valence-corrected chi connectivity index (χ3v) is 9.92. The maximum Gasteiger partial charge on any atom is 0.181 e. The van der Waals surface area contributed by atoms with Gasteiger partial charge in [-0.15, -0.1) is 0 Å². The van der Waals surface area contributed by atoms with Crippen LogP contribution in [0, 0.1) is 5.41 Å². The molecule has 1 saturated carbocycles. The lowest BCUT2D eigenvalue weighted by Gasteiger charge is -2.43. The smallest absolute Gasteiger partial charge is 0.181 e. The number of Topliss-reactive ketones (excluding diaryl/α,β-unsaturated/α-hetero) is 2. The van der Waals surface area contributed by atoms with Crippen LogP contribution >= 0.6 is 0 Å². The molecular formula is C38H37NO4. The fraction of sp³-hybridized carbons (Fsp3) is 0.316. The van der Waals surface area contributed by atoms with Gasteiger partial charge in [-0.05, 0) is 48.2 Å². The van der Waals surface area contributed by atoms with Gasteiger partial charge in [-0.3, -0.25) is 14.5 Å². The molecule has 3 aliphatic rings. The van der Waals surface area contributed by atoms with Crippen LogP contribution in [-0.2, 0) is 0 Å². The zero-order chi connectivity index (χ0) is 29.4. The predicted molar refractivity (Wildman–Crippen MR) is 167 cm³/mol. The van der Waals surface area contributed by atoms with Gasteiger partial charge in [-0.1, -0.05) is 104 Å². The molecule has 0 unspecified atom stereocenters. The van der Waals surface area contributed by atoms with Crippen LogP contribution < -0.4 is 9.47 Å². The van der Waals surface area contributed by atoms with Gasteiger partial charge in [0, 0.05) is 23.6 Å². The van der Waals surface area contributed by atoms with Crippen LogP contribution in [0.25, 0.3) is 0 Å². The van der Waals surface area contributed by atoms with Gasteiger partial charge in [-0.2, -0.15) is 0 Å². The summed E-state index contributed by atoms with van der Waals surface area (Å²) in [4.78, 5) is 32.7. The van der Waals surface area contributed by atoms with Crippen molar-refractivity contribution < 1.29 is 19.1 Å². The molecule has 2 heterocycles. The number of ether oxygens (including phenoxy) is 2. The molecule has 1 saturated heterocycles. The van der Waals surface area contributed by atoms with E-state index < -0.39 is 11.5 Å². The van der Waals surface area contributed by atoms with Gasteiger partial charge in [0.1, 0.15) is 18.1 Å². The Kier molecular flexibility index (Phi) is 7.36. The second kappa shape index (κ2) is 11.5. The summed E-state index contributed by atoms with van der Waals surface area (Å²) in [6.45, 7) is 0.134. The zero-order valence-corrected chi connectivity index (χ0v) is 24.5. The van der Waals surface area contributed by atoms with Gasteiger partial charge < -0.3 is 9.47 Å². The lowest BCUT2D eigenvalue weighted by atomic mass is 9.62. The fourth-order valence-corrected chi connectivity index (χ4v) is 8.03. The van der Waals surface area contributed by atoms with Crippen LogP contribution in [0.3, 0.4) is 0 Å². The van der Waals surface area contributed by atoms with E-state index in [1.807, 2.05) is 72.8 Å². The molecule has 1 aliphatic carbocycles. The molecule has 5 heteroatoms. The SMILES string of the molecule is COc1ccc([C@H]2[C@H](c3ccccc3)N(C3CCCCC3)[C@@H](C(=O)c3ccccc3)[C@@]23COc2ccccc2C3=O)cc1. The minimum Gasteiger partial charge on any atom is -0.497 e. The molecule has 1 spiro atoms. The summed E-state index contributed by atoms with van der Waals surface area (Å²) in [7, 11) is 1.66. The largest absolute Gasteiger partial charge is 0.497 e. The molecule has 4 aromatic carbocycles. The van der Waals surface area contributed by atoms with E-state index in [2.05, 4.69) is 41.3 Å². The third-order valence-electron chi connectivity index (χ3n) is 9.92. The summed E-state index contributed by atoms with van der Waals surface area (Å²) in [5, 5.41) is 0. The highest BCUT2D eigenvalue weighted by Crippen LogP contribution is 2.62. The number of methoxy groups -OCH3 is 1. The monoisotopic (exact) mass is 571 g/mol. The van der Waals surface area contributed by atoms with Gasteiger partial charge in [-0.25, -0.2) is 0 Å². The molecule has 5 nitrogen and oxygen atoms in total. The number of para-hydroxylation sites is 1. The number of benzene rings is 4. The van der Waals surface area contributed by atoms with Crippen molar-refractivity contribution in [2.45, 2.75) is 56.1 Å². The molecule has 2 aliphatic heterocycles. The topological polar surface area (TPSA) is 55.8 Å². The Morgan fingerprint density at radius 3 is 2.14 bits per heavy atom. The van der Waals surface area contributed by atoms with E-state index in [-0.39, 0.29) is 36.2 Å². The lowest BCUT2D eigenvalue weighted by molar-refractivity contribution is 0.0285. The number of likely N-dealkylation sites (tertiary alicyclic amines) is 1. The molecule has 2 fully saturated rings. The normalized spacial score (nSPS) is 25.7. The Bertz CT molecular complexity index is 1600. The highest BCUT2D eigenvalue weighted by molar-refractivity contribution is 6.11. The van der Waals surface area contributed by atoms with Gasteiger partial charge in [0.15, 0.2) is 11.6 Å². The van der Waals surface area contributed by atoms with Crippen LogP contribution in [0.2, 0.25) is 0 Å². The summed E-state index contributed by atoms with van der Waals surface area (Å²) >= 11 is 0. The second-order valence-corrected chi connectivity index (χ2v) is 12.1. The van der Waals surface area contributed by atoms with E-state index in [1.165, 1.54) is 6.42 Å². The Labute approximate surface area is 253 Å². The molecule has 43 heavy (non-hydrogen) atoms. The van der Waals surface area contributed by atoms with Crippen LogP contribution in [0.15, 0.2) is 109 Å². The van der Waals surface area contributed by atoms with Gasteiger partial charge in [0.2, 0.25) is 0 Å². The molecule has 7 rings (SSSR count). The first-order valence-corrected chi connectivity index (χ1v) is 15.5. The Hall–Kier alpha value is -4.22. The average Bonchev–Trinajstić information content (AvgIpc) is 3.39. The summed E-state index contributed by atoms with van der Waals surface area (Å²) in [5.41, 5.74) is 2.16. The molecule has 0 aromatic heterocycles. The first-order chi connectivity index (χ1) is 21.1. The predicted octanol–water partition coefficient (Wildman–Crippen LogP) is 7.68. The number of nitrogens with zero attached hydrogens (tertiary/aromatic N) is 1. The lowest BCUT2D eigenvalue weighted by Crippen LogP contribution is -2.57. The van der Waals surface area contributed by atoms with E-state index >= 15 is 9.59 Å². The van der Waals surface area contributed by atoms with E-state index in [9.17, 15) is 0 Å². The summed E-state index contributed by atoms with van der Waals surface area (Å²) in [6.07, 6.45) is 5.42. The number of rotatable bonds is 6. The summed E-state index contributed by atoms with van der Waals surface area (Å²) < 4.78 is 12.1. The van der Waals surface area contributed by atoms with Crippen molar-refractivity contribution in [3.05, 3.63) is 131 Å². The van der Waals surface area contributed by atoms with Gasteiger partial charge in [0.25, 0.3) is 0 Å². The van der Waals surface area contributed by atoms with Crippen molar-refractivity contribution in [3.63, 3.8) is 0 Å². The van der Waals surface area contributed by atoms with Crippen molar-refractivity contribution in [3.8, 4) is 11.5 Å². The third kappa shape index (κ3) is 4.58. The van der Waals surface area contributed by atoms with Crippen LogP contribution in [0.5, 0.6) is 11.5 Å². The average molecular weight is 572 g/mol. The Morgan fingerprint density at radius 2 is 1.44 bits per heavy atom. The quantitative estimate of drug-likeness (QED) is 0.222. The number of ketones is 2. The highest BCUT2D eigenvalue weighted by Gasteiger charge is 2.68. The molecule has 4 atom stereocenters. The maximum atomic E-state index is 15.2.